The maximum absolute atomic E-state index is 12.3. The van der Waals surface area contributed by atoms with Crippen LogP contribution < -0.4 is 5.73 Å². The van der Waals surface area contributed by atoms with Gasteiger partial charge in [0.2, 0.25) is 5.91 Å². The molecule has 0 aromatic heterocycles. The van der Waals surface area contributed by atoms with E-state index in [1.165, 1.54) is 11.2 Å². The largest absolute Gasteiger partial charge is 0.343 e. The van der Waals surface area contributed by atoms with Crippen molar-refractivity contribution in [3.8, 4) is 0 Å². The van der Waals surface area contributed by atoms with Crippen molar-refractivity contribution in [1.82, 2.24) is 4.90 Å². The number of sulfone groups is 1. The first-order chi connectivity index (χ1) is 9.06. The van der Waals surface area contributed by atoms with E-state index < -0.39 is 20.6 Å². The molecule has 1 rings (SSSR count). The quantitative estimate of drug-likeness (QED) is 0.878. The lowest BCUT2D eigenvalue weighted by Gasteiger charge is -2.30. The van der Waals surface area contributed by atoms with E-state index in [1.807, 2.05) is 18.2 Å². The van der Waals surface area contributed by atoms with E-state index in [4.69, 9.17) is 5.73 Å². The Morgan fingerprint density at radius 2 is 1.80 bits per heavy atom. The molecule has 5 nitrogen and oxygen atoms in total. The van der Waals surface area contributed by atoms with Crippen molar-refractivity contribution in [2.75, 3.05) is 19.8 Å². The SMILES string of the molecule is CN(CC(C)(C)S(C)(=O)=O)C(=O)[C@H](N)c1ccccc1. The first-order valence-electron chi connectivity index (χ1n) is 6.31. The molecule has 0 aliphatic heterocycles. The number of carbonyl (C=O) groups excluding carboxylic acids is 1. The zero-order valence-corrected chi connectivity index (χ0v) is 13.1. The molecule has 6 heteroatoms. The molecule has 1 atom stereocenters. The molecule has 0 heterocycles. The number of benzene rings is 1. The van der Waals surface area contributed by atoms with E-state index in [1.54, 1.807) is 33.0 Å². The van der Waals surface area contributed by atoms with Gasteiger partial charge >= 0.3 is 0 Å². The molecule has 1 amide bonds. The van der Waals surface area contributed by atoms with E-state index in [0.717, 1.165) is 0 Å². The minimum absolute atomic E-state index is 0.102. The molecule has 0 fully saturated rings. The number of rotatable bonds is 5. The van der Waals surface area contributed by atoms with Gasteiger partial charge in [0.25, 0.3) is 0 Å². The maximum Gasteiger partial charge on any atom is 0.243 e. The summed E-state index contributed by atoms with van der Waals surface area (Å²) in [5.74, 6) is -0.298. The Bertz CT molecular complexity index is 567. The summed E-state index contributed by atoms with van der Waals surface area (Å²) in [7, 11) is -1.69. The lowest BCUT2D eigenvalue weighted by Crippen LogP contribution is -2.47. The predicted octanol–water partition coefficient (Wildman–Crippen LogP) is 0.968. The van der Waals surface area contributed by atoms with Crippen molar-refractivity contribution in [2.24, 2.45) is 5.73 Å². The van der Waals surface area contributed by atoms with E-state index in [9.17, 15) is 13.2 Å². The second-order valence-electron chi connectivity index (χ2n) is 5.61. The molecule has 0 radical (unpaired) electrons. The van der Waals surface area contributed by atoms with Gasteiger partial charge in [-0.1, -0.05) is 30.3 Å². The van der Waals surface area contributed by atoms with Crippen LogP contribution in [-0.4, -0.2) is 43.8 Å². The van der Waals surface area contributed by atoms with Crippen molar-refractivity contribution in [3.05, 3.63) is 35.9 Å². The molecule has 112 valence electrons. The van der Waals surface area contributed by atoms with Crippen LogP contribution in [0.15, 0.2) is 30.3 Å². The maximum atomic E-state index is 12.3. The van der Waals surface area contributed by atoms with Crippen LogP contribution in [0.25, 0.3) is 0 Å². The molecule has 0 aliphatic carbocycles. The number of likely N-dealkylation sites (N-methyl/N-ethyl adjacent to an activating group) is 1. The normalized spacial score (nSPS) is 13.8. The highest BCUT2D eigenvalue weighted by Crippen LogP contribution is 2.19. The van der Waals surface area contributed by atoms with Crippen LogP contribution in [0.2, 0.25) is 0 Å². The summed E-state index contributed by atoms with van der Waals surface area (Å²) >= 11 is 0. The molecule has 0 aliphatic rings. The zero-order valence-electron chi connectivity index (χ0n) is 12.3. The highest BCUT2D eigenvalue weighted by atomic mass is 32.2. The third kappa shape index (κ3) is 3.80. The number of nitrogens with two attached hydrogens (primary N) is 1. The smallest absolute Gasteiger partial charge is 0.243 e. The van der Waals surface area contributed by atoms with Crippen molar-refractivity contribution < 1.29 is 13.2 Å². The van der Waals surface area contributed by atoms with Crippen LogP contribution >= 0.6 is 0 Å². The van der Waals surface area contributed by atoms with Gasteiger partial charge in [-0.25, -0.2) is 8.42 Å². The number of carbonyl (C=O) groups is 1. The molecule has 0 saturated carbocycles. The summed E-state index contributed by atoms with van der Waals surface area (Å²) in [6, 6.07) is 8.23. The molecule has 0 bridgehead atoms. The fourth-order valence-electron chi connectivity index (χ4n) is 1.81. The van der Waals surface area contributed by atoms with Crippen molar-refractivity contribution in [3.63, 3.8) is 0 Å². The third-order valence-electron chi connectivity index (χ3n) is 3.42. The number of nitrogens with zero attached hydrogens (tertiary/aromatic N) is 1. The van der Waals surface area contributed by atoms with Crippen LogP contribution in [0.3, 0.4) is 0 Å². The zero-order chi connectivity index (χ0) is 15.6. The van der Waals surface area contributed by atoms with Crippen molar-refractivity contribution in [2.45, 2.75) is 24.6 Å². The highest BCUT2D eigenvalue weighted by molar-refractivity contribution is 7.92. The minimum atomic E-state index is -3.26. The average Bonchev–Trinajstić information content (AvgIpc) is 2.36. The Kier molecular flexibility index (Phi) is 4.94. The van der Waals surface area contributed by atoms with Crippen LogP contribution in [0.5, 0.6) is 0 Å². The summed E-state index contributed by atoms with van der Waals surface area (Å²) in [5.41, 5.74) is 6.64. The van der Waals surface area contributed by atoms with Crippen molar-refractivity contribution >= 4 is 15.7 Å². The second kappa shape index (κ2) is 5.93. The lowest BCUT2D eigenvalue weighted by molar-refractivity contribution is -0.131. The molecule has 20 heavy (non-hydrogen) atoms. The summed E-state index contributed by atoms with van der Waals surface area (Å²) in [4.78, 5) is 13.6. The summed E-state index contributed by atoms with van der Waals surface area (Å²) in [6.45, 7) is 3.30. The fraction of sp³-hybridized carbons (Fsp3) is 0.500. The van der Waals surface area contributed by atoms with Gasteiger partial charge in [0.1, 0.15) is 6.04 Å². The van der Waals surface area contributed by atoms with Crippen molar-refractivity contribution in [1.29, 1.82) is 0 Å². The second-order valence-corrected chi connectivity index (χ2v) is 8.26. The van der Waals surface area contributed by atoms with Crippen LogP contribution in [0.1, 0.15) is 25.5 Å². The predicted molar refractivity (Wildman–Crippen MR) is 79.9 cm³/mol. The van der Waals surface area contributed by atoms with Crippen LogP contribution in [0.4, 0.5) is 0 Å². The molecule has 1 aromatic rings. The van der Waals surface area contributed by atoms with Gasteiger partial charge in [-0.05, 0) is 19.4 Å². The summed E-state index contributed by atoms with van der Waals surface area (Å²) < 4.78 is 22.4. The molecular weight excluding hydrogens is 276 g/mol. The van der Waals surface area contributed by atoms with Gasteiger partial charge in [0.15, 0.2) is 9.84 Å². The lowest BCUT2D eigenvalue weighted by atomic mass is 10.1. The molecule has 1 aromatic carbocycles. The number of amides is 1. The monoisotopic (exact) mass is 298 g/mol. The van der Waals surface area contributed by atoms with Crippen LogP contribution in [-0.2, 0) is 14.6 Å². The first kappa shape index (κ1) is 16.7. The number of hydrogen-bond donors (Lipinski definition) is 1. The molecule has 0 unspecified atom stereocenters. The van der Waals surface area contributed by atoms with Gasteiger partial charge in [-0.2, -0.15) is 0 Å². The van der Waals surface area contributed by atoms with Gasteiger partial charge in [-0.15, -0.1) is 0 Å². The standard InChI is InChI=1S/C14H22N2O3S/c1-14(2,20(4,18)19)10-16(3)13(17)12(15)11-8-6-5-7-9-11/h5-9,12H,10,15H2,1-4H3/t12-/m1/s1. The Hall–Kier alpha value is -1.40. The average molecular weight is 298 g/mol. The van der Waals surface area contributed by atoms with Crippen LogP contribution in [0, 0.1) is 0 Å². The fourth-order valence-corrected chi connectivity index (χ4v) is 2.23. The van der Waals surface area contributed by atoms with E-state index >= 15 is 0 Å². The van der Waals surface area contributed by atoms with Gasteiger partial charge in [0, 0.05) is 19.8 Å². The topological polar surface area (TPSA) is 80.5 Å². The third-order valence-corrected chi connectivity index (χ3v) is 5.56. The van der Waals surface area contributed by atoms with E-state index in [0.29, 0.717) is 5.56 Å². The van der Waals surface area contributed by atoms with Gasteiger partial charge in [0.05, 0.1) is 4.75 Å². The van der Waals surface area contributed by atoms with Gasteiger partial charge in [-0.3, -0.25) is 4.79 Å². The Balaban J connectivity index is 2.83. The number of hydrogen-bond acceptors (Lipinski definition) is 4. The molecule has 0 saturated heterocycles. The Morgan fingerprint density at radius 1 is 1.30 bits per heavy atom. The Morgan fingerprint density at radius 3 is 2.25 bits per heavy atom. The molecule has 2 N–H and O–H groups in total. The van der Waals surface area contributed by atoms with E-state index in [2.05, 4.69) is 0 Å². The molecular formula is C14H22N2O3S. The Labute approximate surface area is 120 Å². The summed E-state index contributed by atoms with van der Waals surface area (Å²) in [5, 5.41) is 0. The minimum Gasteiger partial charge on any atom is -0.343 e. The van der Waals surface area contributed by atoms with Gasteiger partial charge < -0.3 is 10.6 Å². The van der Waals surface area contributed by atoms with E-state index in [-0.39, 0.29) is 12.5 Å². The first-order valence-corrected chi connectivity index (χ1v) is 8.20. The highest BCUT2D eigenvalue weighted by Gasteiger charge is 2.34. The molecule has 0 spiro atoms. The summed E-state index contributed by atoms with van der Waals surface area (Å²) in [6.07, 6.45) is 1.17.